The summed E-state index contributed by atoms with van der Waals surface area (Å²) in [6, 6.07) is 8.48. The van der Waals surface area contributed by atoms with Crippen LogP contribution in [0.4, 0.5) is 0 Å². The molecular weight excluding hydrogens is 328 g/mol. The Bertz CT molecular complexity index is 541. The van der Waals surface area contributed by atoms with Crippen LogP contribution in [0.25, 0.3) is 0 Å². The molecule has 1 amide bonds. The highest BCUT2D eigenvalue weighted by molar-refractivity contribution is 5.85. The number of nitrogens with zero attached hydrogens (tertiary/aromatic N) is 1. The minimum Gasteiger partial charge on any atom is -0.497 e. The summed E-state index contributed by atoms with van der Waals surface area (Å²) in [5.74, 6) is 0.936. The minimum atomic E-state index is -0.414. The summed E-state index contributed by atoms with van der Waals surface area (Å²) >= 11 is 0. The van der Waals surface area contributed by atoms with E-state index in [1.807, 2.05) is 31.2 Å². The standard InChI is InChI=1S/C18H26N2O3.ClH/c1-13(23-12-14-4-3-5-17(10-14)22-2)18(21)20-15-6-7-16(20)11-19-9-8-15;/h3-5,10,13,15-16,19H,6-9,11-12H2,1-2H3;1H. The molecule has 2 aliphatic heterocycles. The number of nitrogens with one attached hydrogen (secondary N) is 1. The third-order valence-electron chi connectivity index (χ3n) is 4.89. The van der Waals surface area contributed by atoms with Gasteiger partial charge in [0.2, 0.25) is 0 Å². The Morgan fingerprint density at radius 2 is 2.12 bits per heavy atom. The van der Waals surface area contributed by atoms with Crippen molar-refractivity contribution < 1.29 is 14.3 Å². The quantitative estimate of drug-likeness (QED) is 0.882. The summed E-state index contributed by atoms with van der Waals surface area (Å²) in [6.45, 7) is 4.20. The number of ether oxygens (including phenoxy) is 2. The summed E-state index contributed by atoms with van der Waals surface area (Å²) in [7, 11) is 1.65. The maximum Gasteiger partial charge on any atom is 0.251 e. The van der Waals surface area contributed by atoms with Crippen molar-refractivity contribution in [1.29, 1.82) is 0 Å². The van der Waals surface area contributed by atoms with Gasteiger partial charge in [0.1, 0.15) is 11.9 Å². The number of halogens is 1. The van der Waals surface area contributed by atoms with E-state index in [4.69, 9.17) is 9.47 Å². The van der Waals surface area contributed by atoms with Crippen molar-refractivity contribution in [3.8, 4) is 5.75 Å². The lowest BCUT2D eigenvalue weighted by molar-refractivity contribution is -0.146. The Morgan fingerprint density at radius 1 is 1.33 bits per heavy atom. The molecule has 3 unspecified atom stereocenters. The fourth-order valence-corrected chi connectivity index (χ4v) is 3.61. The Balaban J connectivity index is 0.00000208. The molecule has 134 valence electrons. The predicted octanol–water partition coefficient (Wildman–Crippen LogP) is 2.38. The number of hydrogen-bond acceptors (Lipinski definition) is 4. The fourth-order valence-electron chi connectivity index (χ4n) is 3.61. The van der Waals surface area contributed by atoms with Crippen LogP contribution in [-0.4, -0.2) is 49.2 Å². The van der Waals surface area contributed by atoms with Crippen molar-refractivity contribution >= 4 is 18.3 Å². The van der Waals surface area contributed by atoms with E-state index in [-0.39, 0.29) is 18.3 Å². The highest BCUT2D eigenvalue weighted by Crippen LogP contribution is 2.29. The number of benzene rings is 1. The number of carbonyl (C=O) groups is 1. The molecule has 2 heterocycles. The van der Waals surface area contributed by atoms with Gasteiger partial charge in [0.05, 0.1) is 13.7 Å². The zero-order valence-corrected chi connectivity index (χ0v) is 15.2. The smallest absolute Gasteiger partial charge is 0.251 e. The number of fused-ring (bicyclic) bond motifs is 2. The lowest BCUT2D eigenvalue weighted by Crippen LogP contribution is -2.47. The van der Waals surface area contributed by atoms with Crippen LogP contribution in [0.5, 0.6) is 5.75 Å². The second-order valence-electron chi connectivity index (χ2n) is 6.43. The van der Waals surface area contributed by atoms with E-state index in [0.29, 0.717) is 18.7 Å². The first-order chi connectivity index (χ1) is 11.2. The van der Waals surface area contributed by atoms with Gasteiger partial charge in [0.25, 0.3) is 5.91 Å². The molecule has 0 aliphatic carbocycles. The van der Waals surface area contributed by atoms with E-state index in [2.05, 4.69) is 10.2 Å². The van der Waals surface area contributed by atoms with Gasteiger partial charge in [-0.1, -0.05) is 12.1 Å². The first kappa shape index (κ1) is 19.0. The van der Waals surface area contributed by atoms with Gasteiger partial charge in [0, 0.05) is 18.6 Å². The molecule has 3 atom stereocenters. The van der Waals surface area contributed by atoms with E-state index >= 15 is 0 Å². The summed E-state index contributed by atoms with van der Waals surface area (Å²) in [5.41, 5.74) is 1.02. The third-order valence-corrected chi connectivity index (χ3v) is 4.89. The van der Waals surface area contributed by atoms with Crippen molar-refractivity contribution in [2.45, 2.75) is 51.0 Å². The van der Waals surface area contributed by atoms with Crippen LogP contribution in [0.15, 0.2) is 24.3 Å². The van der Waals surface area contributed by atoms with Gasteiger partial charge in [-0.15, -0.1) is 12.4 Å². The van der Waals surface area contributed by atoms with Crippen LogP contribution in [-0.2, 0) is 16.1 Å². The molecule has 0 spiro atoms. The number of hydrogen-bond donors (Lipinski definition) is 1. The average molecular weight is 355 g/mol. The van der Waals surface area contributed by atoms with Crippen LogP contribution in [0, 0.1) is 0 Å². The van der Waals surface area contributed by atoms with E-state index in [1.54, 1.807) is 7.11 Å². The second kappa shape index (κ2) is 8.70. The van der Waals surface area contributed by atoms with Crippen molar-refractivity contribution in [3.05, 3.63) is 29.8 Å². The molecule has 2 fully saturated rings. The van der Waals surface area contributed by atoms with E-state index in [0.717, 1.165) is 43.7 Å². The molecule has 2 aliphatic rings. The lowest BCUT2D eigenvalue weighted by atomic mass is 10.1. The maximum atomic E-state index is 12.8. The lowest BCUT2D eigenvalue weighted by Gasteiger charge is -2.30. The van der Waals surface area contributed by atoms with Crippen molar-refractivity contribution in [1.82, 2.24) is 10.2 Å². The molecule has 6 heteroatoms. The first-order valence-electron chi connectivity index (χ1n) is 8.46. The second-order valence-corrected chi connectivity index (χ2v) is 6.43. The molecule has 1 aromatic rings. The molecule has 5 nitrogen and oxygen atoms in total. The largest absolute Gasteiger partial charge is 0.497 e. The topological polar surface area (TPSA) is 50.8 Å². The molecule has 24 heavy (non-hydrogen) atoms. The van der Waals surface area contributed by atoms with E-state index in [9.17, 15) is 4.79 Å². The van der Waals surface area contributed by atoms with Crippen LogP contribution in [0.1, 0.15) is 31.7 Å². The summed E-state index contributed by atoms with van der Waals surface area (Å²) in [5, 5.41) is 3.42. The van der Waals surface area contributed by atoms with Crippen molar-refractivity contribution in [2.75, 3.05) is 20.2 Å². The summed E-state index contributed by atoms with van der Waals surface area (Å²) in [4.78, 5) is 14.9. The van der Waals surface area contributed by atoms with Gasteiger partial charge in [-0.25, -0.2) is 0 Å². The first-order valence-corrected chi connectivity index (χ1v) is 8.46. The predicted molar refractivity (Wildman–Crippen MR) is 95.6 cm³/mol. The van der Waals surface area contributed by atoms with Crippen LogP contribution in [0.3, 0.4) is 0 Å². The zero-order valence-electron chi connectivity index (χ0n) is 14.4. The molecule has 3 rings (SSSR count). The normalized spacial score (nSPS) is 24.0. The summed E-state index contributed by atoms with van der Waals surface area (Å²) in [6.07, 6.45) is 2.86. The van der Waals surface area contributed by atoms with Crippen LogP contribution >= 0.6 is 12.4 Å². The molecule has 1 aromatic carbocycles. The van der Waals surface area contributed by atoms with Crippen molar-refractivity contribution in [2.24, 2.45) is 0 Å². The monoisotopic (exact) mass is 354 g/mol. The van der Waals surface area contributed by atoms with Gasteiger partial charge in [0.15, 0.2) is 0 Å². The molecule has 0 aromatic heterocycles. The molecule has 1 N–H and O–H groups in total. The van der Waals surface area contributed by atoms with Gasteiger partial charge < -0.3 is 19.7 Å². The van der Waals surface area contributed by atoms with Crippen molar-refractivity contribution in [3.63, 3.8) is 0 Å². The molecule has 0 saturated carbocycles. The Kier molecular flexibility index (Phi) is 6.90. The molecule has 2 saturated heterocycles. The van der Waals surface area contributed by atoms with Crippen LogP contribution in [0.2, 0.25) is 0 Å². The van der Waals surface area contributed by atoms with E-state index in [1.165, 1.54) is 0 Å². The van der Waals surface area contributed by atoms with Gasteiger partial charge in [-0.05, 0) is 50.4 Å². The number of methoxy groups -OCH3 is 1. The van der Waals surface area contributed by atoms with Gasteiger partial charge in [-0.2, -0.15) is 0 Å². The Hall–Kier alpha value is -1.30. The molecule has 0 radical (unpaired) electrons. The third kappa shape index (κ3) is 4.21. The van der Waals surface area contributed by atoms with E-state index < -0.39 is 6.10 Å². The van der Waals surface area contributed by atoms with Gasteiger partial charge in [-0.3, -0.25) is 4.79 Å². The Labute approximate surface area is 150 Å². The number of carbonyl (C=O) groups excluding carboxylic acids is 1. The minimum absolute atomic E-state index is 0. The number of rotatable bonds is 5. The number of amides is 1. The average Bonchev–Trinajstić information content (AvgIpc) is 2.85. The summed E-state index contributed by atoms with van der Waals surface area (Å²) < 4.78 is 11.1. The fraction of sp³-hybridized carbons (Fsp3) is 0.611. The highest BCUT2D eigenvalue weighted by atomic mass is 35.5. The molecule has 2 bridgehead atoms. The van der Waals surface area contributed by atoms with Gasteiger partial charge >= 0.3 is 0 Å². The zero-order chi connectivity index (χ0) is 16.2. The maximum absolute atomic E-state index is 12.8. The molecular formula is C18H27ClN2O3. The van der Waals surface area contributed by atoms with Crippen LogP contribution < -0.4 is 10.1 Å². The SMILES string of the molecule is COc1cccc(COC(C)C(=O)N2C3CCNCC2CC3)c1.Cl. The highest BCUT2D eigenvalue weighted by Gasteiger charge is 2.39. The Morgan fingerprint density at radius 3 is 2.92 bits per heavy atom.